The topological polar surface area (TPSA) is 49.3 Å². The third kappa shape index (κ3) is 9.16. The van der Waals surface area contributed by atoms with Crippen molar-refractivity contribution in [3.05, 3.63) is 0 Å². The van der Waals surface area contributed by atoms with Crippen LogP contribution in [0.4, 0.5) is 0 Å². The third-order valence-electron chi connectivity index (χ3n) is 2.98. The van der Waals surface area contributed by atoms with Gasteiger partial charge in [0, 0.05) is 6.04 Å². The molecule has 0 aromatic rings. The first-order valence-electron chi connectivity index (χ1n) is 6.96. The number of aliphatic carboxylic acids is 1. The van der Waals surface area contributed by atoms with Crippen molar-refractivity contribution in [2.75, 3.05) is 0 Å². The Balaban J connectivity index is 3.87. The molecule has 0 spiro atoms. The predicted octanol–water partition coefficient (Wildman–Crippen LogP) is 3.43. The van der Waals surface area contributed by atoms with Gasteiger partial charge in [0.25, 0.3) is 0 Å². The first-order chi connectivity index (χ1) is 7.97. The van der Waals surface area contributed by atoms with Crippen molar-refractivity contribution >= 4 is 5.97 Å². The summed E-state index contributed by atoms with van der Waals surface area (Å²) in [5.74, 6) is -0.310. The van der Waals surface area contributed by atoms with E-state index in [4.69, 9.17) is 5.11 Å². The lowest BCUT2D eigenvalue weighted by molar-refractivity contribution is -0.140. The highest BCUT2D eigenvalue weighted by Crippen LogP contribution is 2.09. The van der Waals surface area contributed by atoms with Gasteiger partial charge in [0.2, 0.25) is 0 Å². The van der Waals surface area contributed by atoms with Crippen LogP contribution in [0.1, 0.15) is 66.2 Å². The second kappa shape index (κ2) is 9.46. The van der Waals surface area contributed by atoms with Crippen LogP contribution in [-0.4, -0.2) is 23.2 Å². The van der Waals surface area contributed by atoms with E-state index in [1.807, 2.05) is 0 Å². The maximum Gasteiger partial charge on any atom is 0.320 e. The van der Waals surface area contributed by atoms with E-state index < -0.39 is 12.0 Å². The molecule has 0 rings (SSSR count). The third-order valence-corrected chi connectivity index (χ3v) is 2.98. The standard InChI is InChI=1S/C14H29NO2/c1-5-6-7-8-9-12(4)15-13(14(16)17)10-11(2)3/h11-13,15H,5-10H2,1-4H3,(H,16,17). The molecule has 17 heavy (non-hydrogen) atoms. The molecule has 0 aliphatic heterocycles. The van der Waals surface area contributed by atoms with Gasteiger partial charge in [-0.05, 0) is 25.7 Å². The van der Waals surface area contributed by atoms with Crippen molar-refractivity contribution in [2.45, 2.75) is 78.3 Å². The van der Waals surface area contributed by atoms with Crippen LogP contribution in [0.15, 0.2) is 0 Å². The van der Waals surface area contributed by atoms with Crippen LogP contribution in [0.3, 0.4) is 0 Å². The normalized spacial score (nSPS) is 14.9. The summed E-state index contributed by atoms with van der Waals surface area (Å²) in [6.45, 7) is 8.40. The molecule has 2 N–H and O–H groups in total. The van der Waals surface area contributed by atoms with Gasteiger partial charge in [0.1, 0.15) is 6.04 Å². The molecular formula is C14H29NO2. The van der Waals surface area contributed by atoms with E-state index in [-0.39, 0.29) is 0 Å². The van der Waals surface area contributed by atoms with Crippen LogP contribution < -0.4 is 5.32 Å². The summed E-state index contributed by atoms with van der Waals surface area (Å²) in [6, 6.07) is -0.0946. The average Bonchev–Trinajstić information content (AvgIpc) is 2.22. The molecule has 0 aromatic carbocycles. The van der Waals surface area contributed by atoms with Crippen LogP contribution in [0.25, 0.3) is 0 Å². The summed E-state index contributed by atoms with van der Waals surface area (Å²) >= 11 is 0. The molecule has 3 heteroatoms. The molecular weight excluding hydrogens is 214 g/mol. The molecule has 2 atom stereocenters. The van der Waals surface area contributed by atoms with Gasteiger partial charge in [-0.1, -0.05) is 46.5 Å². The molecule has 2 unspecified atom stereocenters. The lowest BCUT2D eigenvalue weighted by Gasteiger charge is -2.21. The molecule has 0 heterocycles. The minimum Gasteiger partial charge on any atom is -0.480 e. The highest BCUT2D eigenvalue weighted by molar-refractivity contribution is 5.73. The fourth-order valence-corrected chi connectivity index (χ4v) is 2.02. The fraction of sp³-hybridized carbons (Fsp3) is 0.929. The van der Waals surface area contributed by atoms with E-state index >= 15 is 0 Å². The van der Waals surface area contributed by atoms with Gasteiger partial charge in [-0.2, -0.15) is 0 Å². The van der Waals surface area contributed by atoms with Crippen LogP contribution in [0.5, 0.6) is 0 Å². The second-order valence-electron chi connectivity index (χ2n) is 5.44. The zero-order valence-corrected chi connectivity index (χ0v) is 11.8. The highest BCUT2D eigenvalue weighted by Gasteiger charge is 2.20. The summed E-state index contributed by atoms with van der Waals surface area (Å²) < 4.78 is 0. The maximum absolute atomic E-state index is 11.1. The zero-order valence-electron chi connectivity index (χ0n) is 11.8. The van der Waals surface area contributed by atoms with E-state index in [9.17, 15) is 4.79 Å². The Morgan fingerprint density at radius 3 is 2.29 bits per heavy atom. The number of rotatable bonds is 10. The number of carbonyl (C=O) groups is 1. The van der Waals surface area contributed by atoms with E-state index in [2.05, 4.69) is 33.0 Å². The van der Waals surface area contributed by atoms with Crippen molar-refractivity contribution in [1.82, 2.24) is 5.32 Å². The van der Waals surface area contributed by atoms with E-state index in [0.717, 1.165) is 6.42 Å². The van der Waals surface area contributed by atoms with Gasteiger partial charge in [-0.15, -0.1) is 0 Å². The summed E-state index contributed by atoms with van der Waals surface area (Å²) in [4.78, 5) is 11.1. The number of unbranched alkanes of at least 4 members (excludes halogenated alkanes) is 3. The van der Waals surface area contributed by atoms with Crippen molar-refractivity contribution in [1.29, 1.82) is 0 Å². The Hall–Kier alpha value is -0.570. The molecule has 0 saturated carbocycles. The highest BCUT2D eigenvalue weighted by atomic mass is 16.4. The summed E-state index contributed by atoms with van der Waals surface area (Å²) in [6.07, 6.45) is 6.74. The Bertz CT molecular complexity index is 204. The maximum atomic E-state index is 11.1. The van der Waals surface area contributed by atoms with Gasteiger partial charge >= 0.3 is 5.97 Å². The number of carboxylic acids is 1. The smallest absolute Gasteiger partial charge is 0.320 e. The lowest BCUT2D eigenvalue weighted by atomic mass is 10.0. The van der Waals surface area contributed by atoms with Crippen molar-refractivity contribution < 1.29 is 9.90 Å². The van der Waals surface area contributed by atoms with Gasteiger partial charge in [0.05, 0.1) is 0 Å². The number of carboxylic acid groups (broad SMARTS) is 1. The van der Waals surface area contributed by atoms with Crippen molar-refractivity contribution in [3.63, 3.8) is 0 Å². The van der Waals surface area contributed by atoms with Gasteiger partial charge in [0.15, 0.2) is 0 Å². The van der Waals surface area contributed by atoms with Gasteiger partial charge < -0.3 is 10.4 Å². The molecule has 0 radical (unpaired) electrons. The molecule has 0 aromatic heterocycles. The molecule has 102 valence electrons. The number of hydrogen-bond acceptors (Lipinski definition) is 2. The molecule has 3 nitrogen and oxygen atoms in total. The van der Waals surface area contributed by atoms with E-state index in [1.54, 1.807) is 0 Å². The first-order valence-corrected chi connectivity index (χ1v) is 6.96. The zero-order chi connectivity index (χ0) is 13.3. The fourth-order valence-electron chi connectivity index (χ4n) is 2.02. The van der Waals surface area contributed by atoms with Gasteiger partial charge in [-0.25, -0.2) is 0 Å². The SMILES string of the molecule is CCCCCCC(C)NC(CC(C)C)C(=O)O. The molecule has 0 amide bonds. The second-order valence-corrected chi connectivity index (χ2v) is 5.44. The number of hydrogen-bond donors (Lipinski definition) is 2. The Morgan fingerprint density at radius 2 is 1.82 bits per heavy atom. The largest absolute Gasteiger partial charge is 0.480 e. The van der Waals surface area contributed by atoms with Crippen LogP contribution >= 0.6 is 0 Å². The summed E-state index contributed by atoms with van der Waals surface area (Å²) in [7, 11) is 0. The van der Waals surface area contributed by atoms with Crippen molar-refractivity contribution in [2.24, 2.45) is 5.92 Å². The van der Waals surface area contributed by atoms with Crippen LogP contribution in [-0.2, 0) is 4.79 Å². The quantitative estimate of drug-likeness (QED) is 0.578. The molecule has 0 aliphatic carbocycles. The van der Waals surface area contributed by atoms with Crippen LogP contribution in [0.2, 0.25) is 0 Å². The Morgan fingerprint density at radius 1 is 1.18 bits per heavy atom. The van der Waals surface area contributed by atoms with E-state index in [0.29, 0.717) is 18.4 Å². The number of nitrogens with one attached hydrogen (secondary N) is 1. The van der Waals surface area contributed by atoms with Crippen molar-refractivity contribution in [3.8, 4) is 0 Å². The molecule has 0 saturated heterocycles. The first kappa shape index (κ1) is 16.4. The lowest BCUT2D eigenvalue weighted by Crippen LogP contribution is -2.42. The predicted molar refractivity (Wildman–Crippen MR) is 72.2 cm³/mol. The average molecular weight is 243 g/mol. The van der Waals surface area contributed by atoms with Gasteiger partial charge in [-0.3, -0.25) is 4.79 Å². The summed E-state index contributed by atoms with van der Waals surface area (Å²) in [5.41, 5.74) is 0. The summed E-state index contributed by atoms with van der Waals surface area (Å²) in [5, 5.41) is 12.3. The Labute approximate surface area is 106 Å². The Kier molecular flexibility index (Phi) is 9.14. The minimum absolute atomic E-state index is 0.298. The monoisotopic (exact) mass is 243 g/mol. The minimum atomic E-state index is -0.723. The molecule has 0 fully saturated rings. The van der Waals surface area contributed by atoms with E-state index in [1.165, 1.54) is 25.7 Å². The molecule has 0 bridgehead atoms. The molecule has 0 aliphatic rings. The van der Waals surface area contributed by atoms with Crippen LogP contribution in [0, 0.1) is 5.92 Å².